The molecule has 4 aromatic rings. The van der Waals surface area contributed by atoms with Crippen LogP contribution >= 0.6 is 0 Å². The Morgan fingerprint density at radius 3 is 2.29 bits per heavy atom. The molecule has 0 aliphatic rings. The number of aromatic nitrogens is 2. The largest absolute Gasteiger partial charge is 0.324 e. The second-order valence-electron chi connectivity index (χ2n) is 7.56. The van der Waals surface area contributed by atoms with E-state index >= 15 is 0 Å². The van der Waals surface area contributed by atoms with E-state index in [1.807, 2.05) is 19.1 Å². The Bertz CT molecular complexity index is 1300. The number of anilines is 2. The van der Waals surface area contributed by atoms with Gasteiger partial charge in [0.15, 0.2) is 0 Å². The number of aryl methyl sites for hydroxylation is 1. The normalized spacial score (nSPS) is 11.5. The third-order valence-electron chi connectivity index (χ3n) is 5.10. The summed E-state index contributed by atoms with van der Waals surface area (Å²) in [6.45, 7) is 1.90. The number of halogens is 2. The van der Waals surface area contributed by atoms with Crippen molar-refractivity contribution in [1.82, 2.24) is 9.97 Å². The molecular weight excluding hydrogens is 438 g/mol. The van der Waals surface area contributed by atoms with Crippen molar-refractivity contribution in [2.45, 2.75) is 13.0 Å². The molecule has 170 valence electrons. The van der Waals surface area contributed by atoms with Crippen LogP contribution < -0.4 is 10.2 Å². The number of hydrogen-bond acceptors (Lipinski definition) is 4. The highest BCUT2D eigenvalue weighted by Crippen LogP contribution is 2.31. The summed E-state index contributed by atoms with van der Waals surface area (Å²) in [4.78, 5) is 36.4. The van der Waals surface area contributed by atoms with Gasteiger partial charge < -0.3 is 5.32 Å². The summed E-state index contributed by atoms with van der Waals surface area (Å²) in [6, 6.07) is 16.5. The Labute approximate surface area is 194 Å². The molecule has 0 aliphatic heterocycles. The van der Waals surface area contributed by atoms with Gasteiger partial charge in [0.25, 0.3) is 11.8 Å². The van der Waals surface area contributed by atoms with Gasteiger partial charge in [0.05, 0.1) is 6.20 Å². The molecule has 8 heteroatoms. The Hall–Kier alpha value is -4.46. The molecule has 3 aromatic carbocycles. The zero-order chi connectivity index (χ0) is 24.1. The summed E-state index contributed by atoms with van der Waals surface area (Å²) in [5.74, 6) is -2.24. The van der Waals surface area contributed by atoms with E-state index in [0.29, 0.717) is 11.3 Å². The van der Waals surface area contributed by atoms with Crippen molar-refractivity contribution >= 4 is 23.2 Å². The molecular formula is C26H20F2N4O2. The van der Waals surface area contributed by atoms with Crippen molar-refractivity contribution in [2.75, 3.05) is 10.2 Å². The highest BCUT2D eigenvalue weighted by molar-refractivity contribution is 6.11. The topological polar surface area (TPSA) is 75.2 Å². The summed E-state index contributed by atoms with van der Waals surface area (Å²) < 4.78 is 27.5. The van der Waals surface area contributed by atoms with Crippen LogP contribution in [0.1, 0.15) is 27.7 Å². The van der Waals surface area contributed by atoms with E-state index in [4.69, 9.17) is 0 Å². The second-order valence-corrected chi connectivity index (χ2v) is 7.56. The van der Waals surface area contributed by atoms with E-state index in [1.165, 1.54) is 72.0 Å². The minimum absolute atomic E-state index is 0.0153. The van der Waals surface area contributed by atoms with E-state index in [1.54, 1.807) is 12.1 Å². The first-order chi connectivity index (χ1) is 16.4. The van der Waals surface area contributed by atoms with Crippen LogP contribution in [-0.4, -0.2) is 21.8 Å². The summed E-state index contributed by atoms with van der Waals surface area (Å²) in [6.07, 6.45) is 4.05. The number of rotatable bonds is 6. The van der Waals surface area contributed by atoms with Gasteiger partial charge in [-0.2, -0.15) is 0 Å². The minimum atomic E-state index is -1.19. The molecule has 1 aromatic heterocycles. The summed E-state index contributed by atoms with van der Waals surface area (Å²) in [7, 11) is 0. The van der Waals surface area contributed by atoms with Crippen molar-refractivity contribution in [3.63, 3.8) is 0 Å². The third kappa shape index (κ3) is 5.12. The predicted molar refractivity (Wildman–Crippen MR) is 124 cm³/mol. The lowest BCUT2D eigenvalue weighted by Crippen LogP contribution is -2.42. The van der Waals surface area contributed by atoms with E-state index in [0.717, 1.165) is 5.56 Å². The number of hydrogen-bond donors (Lipinski definition) is 1. The van der Waals surface area contributed by atoms with Crippen LogP contribution in [0.2, 0.25) is 0 Å². The molecule has 1 atom stereocenters. The molecule has 0 saturated heterocycles. The standard InChI is InChI=1S/C26H20F2N4O2/c1-17-5-7-18(8-6-17)24(25(33)31-21-11-9-19(27)10-12-21)32(22-4-2-3-20(28)15-22)26(34)23-16-29-13-14-30-23/h2-16,24H,1H3,(H,31,33)/t24-/m0/s1. The molecule has 0 bridgehead atoms. The Morgan fingerprint density at radius 2 is 1.65 bits per heavy atom. The predicted octanol–water partition coefficient (Wildman–Crippen LogP) is 5.09. The third-order valence-corrected chi connectivity index (χ3v) is 5.10. The van der Waals surface area contributed by atoms with Gasteiger partial charge in [0, 0.05) is 23.8 Å². The average molecular weight is 458 g/mol. The van der Waals surface area contributed by atoms with Crippen LogP contribution in [0.4, 0.5) is 20.2 Å². The number of amides is 2. The first kappa shape index (κ1) is 22.7. The molecule has 4 rings (SSSR count). The van der Waals surface area contributed by atoms with Crippen LogP contribution in [-0.2, 0) is 4.79 Å². The fraction of sp³-hybridized carbons (Fsp3) is 0.0769. The van der Waals surface area contributed by atoms with Crippen LogP contribution in [0.5, 0.6) is 0 Å². The van der Waals surface area contributed by atoms with Crippen LogP contribution in [0.25, 0.3) is 0 Å². The second kappa shape index (κ2) is 9.99. The van der Waals surface area contributed by atoms with Crippen molar-refractivity contribution in [2.24, 2.45) is 0 Å². The number of benzene rings is 3. The molecule has 0 aliphatic carbocycles. The van der Waals surface area contributed by atoms with Crippen molar-refractivity contribution in [3.8, 4) is 0 Å². The van der Waals surface area contributed by atoms with E-state index in [-0.39, 0.29) is 11.4 Å². The highest BCUT2D eigenvalue weighted by atomic mass is 19.1. The lowest BCUT2D eigenvalue weighted by atomic mass is 10.0. The Kier molecular flexibility index (Phi) is 6.68. The van der Waals surface area contributed by atoms with Gasteiger partial charge in [-0.25, -0.2) is 13.8 Å². The van der Waals surface area contributed by atoms with Gasteiger partial charge in [-0.15, -0.1) is 0 Å². The molecule has 0 fully saturated rings. The quantitative estimate of drug-likeness (QED) is 0.437. The average Bonchev–Trinajstić information content (AvgIpc) is 2.85. The highest BCUT2D eigenvalue weighted by Gasteiger charge is 2.34. The van der Waals surface area contributed by atoms with Crippen LogP contribution in [0, 0.1) is 18.6 Å². The maximum atomic E-state index is 14.2. The van der Waals surface area contributed by atoms with Crippen LogP contribution in [0.3, 0.4) is 0 Å². The van der Waals surface area contributed by atoms with E-state index in [9.17, 15) is 18.4 Å². The lowest BCUT2D eigenvalue weighted by Gasteiger charge is -2.31. The van der Waals surface area contributed by atoms with Crippen LogP contribution in [0.15, 0.2) is 91.4 Å². The smallest absolute Gasteiger partial charge is 0.279 e. The lowest BCUT2D eigenvalue weighted by molar-refractivity contribution is -0.117. The van der Waals surface area contributed by atoms with Crippen molar-refractivity contribution in [3.05, 3.63) is 120 Å². The summed E-state index contributed by atoms with van der Waals surface area (Å²) in [5.41, 5.74) is 1.94. The van der Waals surface area contributed by atoms with E-state index < -0.39 is 29.5 Å². The summed E-state index contributed by atoms with van der Waals surface area (Å²) >= 11 is 0. The number of carbonyl (C=O) groups is 2. The zero-order valence-corrected chi connectivity index (χ0v) is 18.2. The van der Waals surface area contributed by atoms with E-state index in [2.05, 4.69) is 15.3 Å². The molecule has 1 N–H and O–H groups in total. The molecule has 34 heavy (non-hydrogen) atoms. The molecule has 1 heterocycles. The number of nitrogens with one attached hydrogen (secondary N) is 1. The molecule has 0 radical (unpaired) electrons. The molecule has 0 unspecified atom stereocenters. The van der Waals surface area contributed by atoms with Gasteiger partial charge in [0.1, 0.15) is 23.4 Å². The Morgan fingerprint density at radius 1 is 0.912 bits per heavy atom. The van der Waals surface area contributed by atoms with Gasteiger partial charge in [-0.3, -0.25) is 19.5 Å². The minimum Gasteiger partial charge on any atom is -0.324 e. The van der Waals surface area contributed by atoms with Crippen molar-refractivity contribution in [1.29, 1.82) is 0 Å². The number of nitrogens with zero attached hydrogens (tertiary/aromatic N) is 3. The molecule has 0 spiro atoms. The fourth-order valence-electron chi connectivity index (χ4n) is 3.45. The summed E-state index contributed by atoms with van der Waals surface area (Å²) in [5, 5.41) is 2.72. The molecule has 0 saturated carbocycles. The first-order valence-electron chi connectivity index (χ1n) is 10.4. The fourth-order valence-corrected chi connectivity index (χ4v) is 3.45. The Balaban J connectivity index is 1.84. The maximum absolute atomic E-state index is 14.2. The SMILES string of the molecule is Cc1ccc([C@@H](C(=O)Nc2ccc(F)cc2)N(C(=O)c2cnccn2)c2cccc(F)c2)cc1. The van der Waals surface area contributed by atoms with Crippen molar-refractivity contribution < 1.29 is 18.4 Å². The van der Waals surface area contributed by atoms with Gasteiger partial charge in [-0.1, -0.05) is 35.9 Å². The van der Waals surface area contributed by atoms with Gasteiger partial charge >= 0.3 is 0 Å². The molecule has 6 nitrogen and oxygen atoms in total. The molecule has 2 amide bonds. The van der Waals surface area contributed by atoms with Gasteiger partial charge in [0.2, 0.25) is 0 Å². The maximum Gasteiger partial charge on any atom is 0.279 e. The monoisotopic (exact) mass is 458 g/mol. The first-order valence-corrected chi connectivity index (χ1v) is 10.4. The van der Waals surface area contributed by atoms with Gasteiger partial charge in [-0.05, 0) is 55.0 Å². The zero-order valence-electron chi connectivity index (χ0n) is 18.2. The number of carbonyl (C=O) groups excluding carboxylic acids is 2.